The molecule has 13 nitrogen and oxygen atoms in total. The van der Waals surface area contributed by atoms with Crippen molar-refractivity contribution < 1.29 is 41.0 Å². The number of ether oxygens (including phenoxy) is 2. The summed E-state index contributed by atoms with van der Waals surface area (Å²) in [5.74, 6) is -2.01. The minimum Gasteiger partial charge on any atom is -0.479 e. The fourth-order valence-corrected chi connectivity index (χ4v) is 4.84. The van der Waals surface area contributed by atoms with E-state index in [0.29, 0.717) is 24.4 Å². The molecule has 0 bridgehead atoms. The third kappa shape index (κ3) is 6.65. The molecule has 1 atom stereocenters. The number of hydrogen-bond donors (Lipinski definition) is 3. The summed E-state index contributed by atoms with van der Waals surface area (Å²) in [6.07, 6.45) is -2.45. The lowest BCUT2D eigenvalue weighted by Crippen LogP contribution is -2.41. The molecule has 0 aliphatic carbocycles. The number of benzene rings is 1. The highest BCUT2D eigenvalue weighted by Gasteiger charge is 2.38. The fourth-order valence-electron chi connectivity index (χ4n) is 3.47. The van der Waals surface area contributed by atoms with Gasteiger partial charge in [-0.3, -0.25) is 9.29 Å². The van der Waals surface area contributed by atoms with Crippen LogP contribution in [0, 0.1) is 0 Å². The number of piperidine rings is 1. The van der Waals surface area contributed by atoms with E-state index in [0.717, 1.165) is 13.0 Å². The summed E-state index contributed by atoms with van der Waals surface area (Å²) in [4.78, 5) is 17.2. The van der Waals surface area contributed by atoms with Crippen molar-refractivity contribution in [2.75, 3.05) is 32.0 Å². The number of sulfonamides is 1. The standard InChI is InChI=1S/C19H23N7O4S.C2HF3O2/c1-29-17-15(18(30-2)22-12-21-17)26-16(13-7-4-3-5-8-13)23-24-19(26)25-31(27,28)14-9-6-10-20-11-14;3-2(4,5)1(6)7/h3-5,7-8,12,14,20H,6,9-11H2,1-2H3,(H,24,25);(H,6,7)/t14-;/m1./s1. The molecule has 4 rings (SSSR count). The molecular weight excluding hydrogens is 535 g/mol. The number of methoxy groups -OCH3 is 2. The van der Waals surface area contributed by atoms with Gasteiger partial charge in [0, 0.05) is 12.1 Å². The van der Waals surface area contributed by atoms with Gasteiger partial charge in [0.05, 0.1) is 19.5 Å². The molecule has 1 aliphatic rings. The first kappa shape index (κ1) is 28.6. The van der Waals surface area contributed by atoms with E-state index in [1.54, 1.807) is 0 Å². The Hall–Kier alpha value is -3.99. The largest absolute Gasteiger partial charge is 0.490 e. The molecule has 2 aromatic heterocycles. The highest BCUT2D eigenvalue weighted by molar-refractivity contribution is 7.93. The van der Waals surface area contributed by atoms with Gasteiger partial charge in [0.1, 0.15) is 6.33 Å². The molecule has 206 valence electrons. The van der Waals surface area contributed by atoms with E-state index in [1.807, 2.05) is 30.3 Å². The van der Waals surface area contributed by atoms with Gasteiger partial charge in [0.25, 0.3) is 0 Å². The van der Waals surface area contributed by atoms with Crippen LogP contribution in [0.15, 0.2) is 36.7 Å². The molecular formula is C21H24F3N7O6S. The Morgan fingerprint density at radius 3 is 2.24 bits per heavy atom. The monoisotopic (exact) mass is 559 g/mol. The van der Waals surface area contributed by atoms with Crippen molar-refractivity contribution in [3.05, 3.63) is 36.7 Å². The van der Waals surface area contributed by atoms with Gasteiger partial charge >= 0.3 is 12.1 Å². The highest BCUT2D eigenvalue weighted by Crippen LogP contribution is 2.35. The quantitative estimate of drug-likeness (QED) is 0.386. The normalized spacial score (nSPS) is 15.7. The van der Waals surface area contributed by atoms with Crippen LogP contribution in [0.1, 0.15) is 12.8 Å². The zero-order valence-electron chi connectivity index (χ0n) is 20.1. The number of nitrogens with zero attached hydrogens (tertiary/aromatic N) is 5. The van der Waals surface area contributed by atoms with Crippen LogP contribution >= 0.6 is 0 Å². The Bertz CT molecular complexity index is 1320. The van der Waals surface area contributed by atoms with E-state index in [-0.39, 0.29) is 23.4 Å². The molecule has 3 heterocycles. The zero-order valence-corrected chi connectivity index (χ0v) is 21.0. The van der Waals surface area contributed by atoms with Crippen molar-refractivity contribution in [3.8, 4) is 28.8 Å². The van der Waals surface area contributed by atoms with Gasteiger partial charge in [-0.15, -0.1) is 10.2 Å². The SMILES string of the molecule is COc1ncnc(OC)c1-n1c(NS(=O)(=O)[C@@H]2CCCNC2)nnc1-c1ccccc1.O=C(O)C(F)(F)F. The molecule has 1 fully saturated rings. The molecule has 3 aromatic rings. The van der Waals surface area contributed by atoms with Crippen LogP contribution in [-0.4, -0.2) is 83.0 Å². The van der Waals surface area contributed by atoms with E-state index >= 15 is 0 Å². The average Bonchev–Trinajstić information content (AvgIpc) is 3.31. The second kappa shape index (κ2) is 12.0. The molecule has 3 N–H and O–H groups in total. The Labute approximate surface area is 215 Å². The Morgan fingerprint density at radius 1 is 1.13 bits per heavy atom. The maximum absolute atomic E-state index is 13.1. The van der Waals surface area contributed by atoms with Gasteiger partial charge in [-0.25, -0.2) is 13.2 Å². The first-order valence-electron chi connectivity index (χ1n) is 11.0. The van der Waals surface area contributed by atoms with Gasteiger partial charge in [0.2, 0.25) is 27.7 Å². The minimum absolute atomic E-state index is 0.00386. The maximum atomic E-state index is 13.1. The molecule has 0 unspecified atom stereocenters. The maximum Gasteiger partial charge on any atom is 0.490 e. The number of alkyl halides is 3. The number of aromatic nitrogens is 5. The van der Waals surface area contributed by atoms with Gasteiger partial charge in [-0.2, -0.15) is 23.1 Å². The number of nitrogens with one attached hydrogen (secondary N) is 2. The third-order valence-electron chi connectivity index (χ3n) is 5.23. The van der Waals surface area contributed by atoms with Gasteiger partial charge < -0.3 is 19.9 Å². The molecule has 1 saturated heterocycles. The number of aliphatic carboxylic acids is 1. The zero-order chi connectivity index (χ0) is 27.9. The predicted octanol–water partition coefficient (Wildman–Crippen LogP) is 1.87. The van der Waals surface area contributed by atoms with Gasteiger partial charge in [0.15, 0.2) is 11.5 Å². The molecule has 0 spiro atoms. The molecule has 1 aromatic carbocycles. The van der Waals surface area contributed by atoms with Crippen LogP contribution in [0.5, 0.6) is 11.8 Å². The summed E-state index contributed by atoms with van der Waals surface area (Å²) < 4.78 is 72.8. The van der Waals surface area contributed by atoms with Crippen molar-refractivity contribution >= 4 is 21.9 Å². The smallest absolute Gasteiger partial charge is 0.479 e. The van der Waals surface area contributed by atoms with E-state index in [4.69, 9.17) is 19.4 Å². The van der Waals surface area contributed by atoms with E-state index < -0.39 is 27.4 Å². The highest BCUT2D eigenvalue weighted by atomic mass is 32.2. The number of hydrogen-bond acceptors (Lipinski definition) is 10. The third-order valence-corrected chi connectivity index (χ3v) is 6.97. The average molecular weight is 560 g/mol. The summed E-state index contributed by atoms with van der Waals surface area (Å²) in [6.45, 7) is 1.17. The molecule has 0 saturated carbocycles. The molecule has 1 aliphatic heterocycles. The van der Waals surface area contributed by atoms with E-state index in [1.165, 1.54) is 25.1 Å². The second-order valence-electron chi connectivity index (χ2n) is 7.71. The summed E-state index contributed by atoms with van der Waals surface area (Å²) >= 11 is 0. The van der Waals surface area contributed by atoms with E-state index in [9.17, 15) is 21.6 Å². The lowest BCUT2D eigenvalue weighted by atomic mass is 10.2. The second-order valence-corrected chi connectivity index (χ2v) is 9.67. The fraction of sp³-hybridized carbons (Fsp3) is 0.381. The van der Waals surface area contributed by atoms with Crippen LogP contribution in [0.2, 0.25) is 0 Å². The van der Waals surface area contributed by atoms with Crippen LogP contribution in [-0.2, 0) is 14.8 Å². The van der Waals surface area contributed by atoms with Crippen LogP contribution < -0.4 is 19.5 Å². The molecule has 38 heavy (non-hydrogen) atoms. The number of anilines is 1. The van der Waals surface area contributed by atoms with Crippen LogP contribution in [0.25, 0.3) is 17.1 Å². The Kier molecular flexibility index (Phi) is 9.05. The van der Waals surface area contributed by atoms with Crippen molar-refractivity contribution in [2.24, 2.45) is 0 Å². The molecule has 17 heteroatoms. The van der Waals surface area contributed by atoms with Crippen molar-refractivity contribution in [1.82, 2.24) is 30.0 Å². The number of rotatable bonds is 7. The van der Waals surface area contributed by atoms with E-state index in [2.05, 4.69) is 30.2 Å². The Morgan fingerprint density at radius 2 is 1.74 bits per heavy atom. The summed E-state index contributed by atoms with van der Waals surface area (Å²) in [6, 6.07) is 9.25. The predicted molar refractivity (Wildman–Crippen MR) is 128 cm³/mol. The van der Waals surface area contributed by atoms with Crippen LogP contribution in [0.4, 0.5) is 19.1 Å². The lowest BCUT2D eigenvalue weighted by molar-refractivity contribution is -0.192. The summed E-state index contributed by atoms with van der Waals surface area (Å²) in [5, 5.41) is 18.0. The molecule has 0 amide bonds. The Balaban J connectivity index is 0.000000505. The topological polar surface area (TPSA) is 170 Å². The summed E-state index contributed by atoms with van der Waals surface area (Å²) in [7, 11) is -0.826. The van der Waals surface area contributed by atoms with Crippen molar-refractivity contribution in [3.63, 3.8) is 0 Å². The van der Waals surface area contributed by atoms with Gasteiger partial charge in [-0.05, 0) is 19.4 Å². The lowest BCUT2D eigenvalue weighted by Gasteiger charge is -2.23. The first-order chi connectivity index (χ1) is 18.0. The minimum atomic E-state index is -5.08. The van der Waals surface area contributed by atoms with Gasteiger partial charge in [-0.1, -0.05) is 30.3 Å². The first-order valence-corrected chi connectivity index (χ1v) is 12.5. The number of halogens is 3. The van der Waals surface area contributed by atoms with Crippen LogP contribution in [0.3, 0.4) is 0 Å². The number of carboxylic acid groups (broad SMARTS) is 1. The number of carbonyl (C=O) groups is 1. The van der Waals surface area contributed by atoms with Crippen molar-refractivity contribution in [2.45, 2.75) is 24.3 Å². The number of carboxylic acids is 1. The molecule has 0 radical (unpaired) electrons. The summed E-state index contributed by atoms with van der Waals surface area (Å²) in [5.41, 5.74) is 1.00. The van der Waals surface area contributed by atoms with Crippen molar-refractivity contribution in [1.29, 1.82) is 0 Å².